The molecular weight excluding hydrogens is 612 g/mol. The summed E-state index contributed by atoms with van der Waals surface area (Å²) < 4.78 is 24.6. The molecule has 0 unspecified atom stereocenters. The molecule has 1 aliphatic heterocycles. The van der Waals surface area contributed by atoms with E-state index in [1.54, 1.807) is 38.1 Å². The maximum atomic E-state index is 13.5. The minimum Gasteiger partial charge on any atom is -0.493 e. The number of aromatic nitrogens is 2. The van der Waals surface area contributed by atoms with Crippen LogP contribution in [-0.2, 0) is 23.1 Å². The fourth-order valence-corrected chi connectivity index (χ4v) is 6.46. The van der Waals surface area contributed by atoms with Crippen LogP contribution in [0.25, 0.3) is 5.69 Å². The topological polar surface area (TPSA) is 119 Å². The number of urea groups is 1. The number of fused-ring (bicyclic) bond motifs is 1. The van der Waals surface area contributed by atoms with E-state index in [-0.39, 0.29) is 17.4 Å². The van der Waals surface area contributed by atoms with Crippen molar-refractivity contribution in [1.29, 1.82) is 0 Å². The Hall–Kier alpha value is -4.45. The first-order valence-corrected chi connectivity index (χ1v) is 16.8. The van der Waals surface area contributed by atoms with Gasteiger partial charge in [0.05, 0.1) is 39.3 Å². The lowest BCUT2D eigenvalue weighted by Crippen LogP contribution is -2.51. The molecule has 2 heterocycles. The smallest absolute Gasteiger partial charge is 0.324 e. The van der Waals surface area contributed by atoms with Gasteiger partial charge in [0.1, 0.15) is 18.2 Å². The van der Waals surface area contributed by atoms with Gasteiger partial charge < -0.3 is 29.2 Å². The molecule has 12 heteroatoms. The highest BCUT2D eigenvalue weighted by Crippen LogP contribution is 2.41. The number of ether oxygens (including phenoxy) is 4. The lowest BCUT2D eigenvalue weighted by atomic mass is 9.92. The largest absolute Gasteiger partial charge is 0.493 e. The maximum absolute atomic E-state index is 13.5. The Balaban J connectivity index is 1.13. The van der Waals surface area contributed by atoms with Gasteiger partial charge in [0.15, 0.2) is 11.5 Å². The summed E-state index contributed by atoms with van der Waals surface area (Å²) >= 11 is 0. The summed E-state index contributed by atoms with van der Waals surface area (Å²) in [4.78, 5) is 30.3. The third-order valence-electron chi connectivity index (χ3n) is 9.34. The zero-order chi connectivity index (χ0) is 34.0. The van der Waals surface area contributed by atoms with Crippen molar-refractivity contribution in [2.45, 2.75) is 58.3 Å². The van der Waals surface area contributed by atoms with Crippen LogP contribution in [0.5, 0.6) is 23.0 Å². The van der Waals surface area contributed by atoms with Crippen molar-refractivity contribution >= 4 is 23.4 Å². The molecule has 0 spiro atoms. The fraction of sp³-hybridized carbons (Fsp3) is 0.528. The Morgan fingerprint density at radius 1 is 0.938 bits per heavy atom. The second kappa shape index (κ2) is 14.0. The Morgan fingerprint density at radius 3 is 2.31 bits per heavy atom. The van der Waals surface area contributed by atoms with E-state index in [9.17, 15) is 9.59 Å². The standard InChI is InChI=1S/C36H48N6O6/c1-36(2,3)31-20-32(42(39-31)24-18-29(45-4)34(47-6)30(19-24)46-5)38-35(44)37-27-12-13-28(26-9-7-8-25(26)27)48-17-16-40-14-15-41(33(43)22-40)21-23-10-11-23/h12-13,18-20,23H,7-11,14-17,21-22H2,1-6H3,(H2,37,38,44). The average Bonchev–Trinajstić information content (AvgIpc) is 3.54. The van der Waals surface area contributed by atoms with E-state index >= 15 is 0 Å². The number of nitrogens with zero attached hydrogens (tertiary/aromatic N) is 4. The minimum absolute atomic E-state index is 0.226. The van der Waals surface area contributed by atoms with Crippen molar-refractivity contribution in [3.63, 3.8) is 0 Å². The van der Waals surface area contributed by atoms with Crippen LogP contribution in [0.2, 0.25) is 0 Å². The summed E-state index contributed by atoms with van der Waals surface area (Å²) in [5, 5.41) is 10.9. The predicted molar refractivity (Wildman–Crippen MR) is 184 cm³/mol. The molecule has 1 aromatic heterocycles. The molecule has 0 radical (unpaired) electrons. The first kappa shape index (κ1) is 33.5. The first-order chi connectivity index (χ1) is 23.1. The first-order valence-electron chi connectivity index (χ1n) is 16.8. The van der Waals surface area contributed by atoms with Crippen LogP contribution in [-0.4, -0.2) is 92.2 Å². The van der Waals surface area contributed by atoms with Crippen LogP contribution < -0.4 is 29.6 Å². The van der Waals surface area contributed by atoms with Gasteiger partial charge in [0.2, 0.25) is 11.7 Å². The van der Waals surface area contributed by atoms with Crippen LogP contribution >= 0.6 is 0 Å². The molecule has 258 valence electrons. The van der Waals surface area contributed by atoms with Crippen LogP contribution in [0, 0.1) is 5.92 Å². The molecule has 0 bridgehead atoms. The van der Waals surface area contributed by atoms with Crippen molar-refractivity contribution < 1.29 is 28.5 Å². The predicted octanol–water partition coefficient (Wildman–Crippen LogP) is 5.26. The summed E-state index contributed by atoms with van der Waals surface area (Å²) in [5.41, 5.74) is 4.17. The summed E-state index contributed by atoms with van der Waals surface area (Å²) in [5.74, 6) is 3.72. The molecule has 3 aliphatic rings. The van der Waals surface area contributed by atoms with Gasteiger partial charge in [-0.3, -0.25) is 15.0 Å². The van der Waals surface area contributed by atoms with Crippen molar-refractivity contribution in [2.75, 3.05) is 71.3 Å². The van der Waals surface area contributed by atoms with Crippen molar-refractivity contribution in [2.24, 2.45) is 5.92 Å². The number of nitrogens with one attached hydrogen (secondary N) is 2. The Morgan fingerprint density at radius 2 is 1.67 bits per heavy atom. The van der Waals surface area contributed by atoms with Crippen LogP contribution in [0.4, 0.5) is 16.3 Å². The number of carbonyl (C=O) groups is 2. The van der Waals surface area contributed by atoms with Gasteiger partial charge in [0, 0.05) is 55.5 Å². The Kier molecular flexibility index (Phi) is 9.73. The normalized spacial score (nSPS) is 16.5. The van der Waals surface area contributed by atoms with Crippen LogP contribution in [0.1, 0.15) is 56.9 Å². The van der Waals surface area contributed by atoms with Crippen molar-refractivity contribution in [3.05, 3.63) is 47.2 Å². The molecule has 3 amide bonds. The second-order valence-electron chi connectivity index (χ2n) is 13.9. The van der Waals surface area contributed by atoms with Crippen LogP contribution in [0.15, 0.2) is 30.3 Å². The summed E-state index contributed by atoms with van der Waals surface area (Å²) in [6, 6.07) is 8.94. The number of hydrogen-bond donors (Lipinski definition) is 2. The average molecular weight is 661 g/mol. The lowest BCUT2D eigenvalue weighted by molar-refractivity contribution is -0.136. The minimum atomic E-state index is -0.377. The third kappa shape index (κ3) is 7.33. The highest BCUT2D eigenvalue weighted by Gasteiger charge is 2.30. The van der Waals surface area contributed by atoms with E-state index in [1.807, 2.05) is 23.1 Å². The number of hydrogen-bond acceptors (Lipinski definition) is 8. The zero-order valence-electron chi connectivity index (χ0n) is 29.0. The number of methoxy groups -OCH3 is 3. The monoisotopic (exact) mass is 660 g/mol. The quantitative estimate of drug-likeness (QED) is 0.270. The molecule has 48 heavy (non-hydrogen) atoms. The molecule has 2 N–H and O–H groups in total. The summed E-state index contributed by atoms with van der Waals surface area (Å²) in [6.45, 7) is 10.5. The SMILES string of the molecule is COc1cc(-n2nc(C(C)(C)C)cc2NC(=O)Nc2ccc(OCCN3CCN(CC4CC4)C(=O)C3)c3c2CCC3)cc(OC)c1OC. The van der Waals surface area contributed by atoms with Gasteiger partial charge in [-0.05, 0) is 61.3 Å². The highest BCUT2D eigenvalue weighted by atomic mass is 16.5. The maximum Gasteiger partial charge on any atom is 0.324 e. The fourth-order valence-electron chi connectivity index (χ4n) is 6.46. The van der Waals surface area contributed by atoms with E-state index in [4.69, 9.17) is 24.0 Å². The number of carbonyl (C=O) groups excluding carboxylic acids is 2. The van der Waals surface area contributed by atoms with E-state index in [0.29, 0.717) is 54.4 Å². The zero-order valence-corrected chi connectivity index (χ0v) is 29.0. The molecule has 12 nitrogen and oxygen atoms in total. The van der Waals surface area contributed by atoms with Gasteiger partial charge in [-0.15, -0.1) is 0 Å². The number of anilines is 2. The van der Waals surface area contributed by atoms with Crippen LogP contribution in [0.3, 0.4) is 0 Å². The number of benzene rings is 2. The van der Waals surface area contributed by atoms with Gasteiger partial charge in [0.25, 0.3) is 0 Å². The molecule has 1 saturated heterocycles. The van der Waals surface area contributed by atoms with Gasteiger partial charge in [-0.25, -0.2) is 9.48 Å². The van der Waals surface area contributed by atoms with Gasteiger partial charge in [-0.2, -0.15) is 5.10 Å². The van der Waals surface area contributed by atoms with E-state index < -0.39 is 0 Å². The highest BCUT2D eigenvalue weighted by molar-refractivity contribution is 6.00. The van der Waals surface area contributed by atoms with E-state index in [0.717, 1.165) is 67.2 Å². The molecule has 2 aromatic carbocycles. The van der Waals surface area contributed by atoms with E-state index in [1.165, 1.54) is 12.8 Å². The third-order valence-corrected chi connectivity index (χ3v) is 9.34. The number of piperazine rings is 1. The molecule has 2 fully saturated rings. The molecule has 0 atom stereocenters. The van der Waals surface area contributed by atoms with Crippen molar-refractivity contribution in [3.8, 4) is 28.7 Å². The summed E-state index contributed by atoms with van der Waals surface area (Å²) in [6.07, 6.45) is 5.25. The van der Waals surface area contributed by atoms with E-state index in [2.05, 4.69) is 36.3 Å². The number of rotatable bonds is 12. The van der Waals surface area contributed by atoms with Gasteiger partial charge in [-0.1, -0.05) is 20.8 Å². The lowest BCUT2D eigenvalue weighted by Gasteiger charge is -2.34. The Bertz CT molecular complexity index is 1630. The van der Waals surface area contributed by atoms with Gasteiger partial charge >= 0.3 is 6.03 Å². The Labute approximate surface area is 282 Å². The second-order valence-corrected chi connectivity index (χ2v) is 13.9. The molecule has 3 aromatic rings. The molecule has 6 rings (SSSR count). The molecular formula is C36H48N6O6. The summed E-state index contributed by atoms with van der Waals surface area (Å²) in [7, 11) is 4.68. The van der Waals surface area contributed by atoms with Crippen molar-refractivity contribution in [1.82, 2.24) is 19.6 Å². The molecule has 1 saturated carbocycles. The number of amides is 3. The molecule has 2 aliphatic carbocycles.